The van der Waals surface area contributed by atoms with Gasteiger partial charge in [0.25, 0.3) is 0 Å². The number of benzene rings is 1. The van der Waals surface area contributed by atoms with Crippen molar-refractivity contribution >= 4 is 21.4 Å². The van der Waals surface area contributed by atoms with Gasteiger partial charge in [-0.25, -0.2) is 13.1 Å². The number of hydrogen-bond donors (Lipinski definition) is 2. The zero-order valence-corrected chi connectivity index (χ0v) is 13.4. The van der Waals surface area contributed by atoms with E-state index in [0.717, 1.165) is 17.7 Å². The highest BCUT2D eigenvalue weighted by molar-refractivity contribution is 7.89. The summed E-state index contributed by atoms with van der Waals surface area (Å²) in [6, 6.07) is 9.83. The number of nitrogens with one attached hydrogen (secondary N) is 2. The maximum absolute atomic E-state index is 12.4. The van der Waals surface area contributed by atoms with Gasteiger partial charge in [0, 0.05) is 22.8 Å². The van der Waals surface area contributed by atoms with E-state index in [4.69, 9.17) is 0 Å². The third-order valence-corrected chi connectivity index (χ3v) is 6.25. The molecule has 0 aliphatic heterocycles. The van der Waals surface area contributed by atoms with Gasteiger partial charge in [-0.2, -0.15) is 0 Å². The summed E-state index contributed by atoms with van der Waals surface area (Å²) in [6.07, 6.45) is 1.53. The number of fused-ring (bicyclic) bond motifs is 1. The smallest absolute Gasteiger partial charge is 0.241 e. The molecular formula is C15H18N2O2S2. The molecule has 0 spiro atoms. The summed E-state index contributed by atoms with van der Waals surface area (Å²) in [4.78, 5) is 1.39. The van der Waals surface area contributed by atoms with Crippen LogP contribution in [0.2, 0.25) is 0 Å². The van der Waals surface area contributed by atoms with Crippen molar-refractivity contribution in [3.63, 3.8) is 0 Å². The molecule has 6 heteroatoms. The van der Waals surface area contributed by atoms with Crippen LogP contribution in [0.1, 0.15) is 16.0 Å². The van der Waals surface area contributed by atoms with Gasteiger partial charge in [0.2, 0.25) is 10.0 Å². The minimum absolute atomic E-state index is 0.0416. The number of sulfonamides is 1. The topological polar surface area (TPSA) is 58.2 Å². The van der Waals surface area contributed by atoms with Crippen molar-refractivity contribution in [2.24, 2.45) is 0 Å². The Morgan fingerprint density at radius 1 is 1.24 bits per heavy atom. The molecule has 0 fully saturated rings. The van der Waals surface area contributed by atoms with Crippen LogP contribution >= 0.6 is 11.3 Å². The summed E-state index contributed by atoms with van der Waals surface area (Å²) in [5.74, 6) is 0. The molecule has 0 bridgehead atoms. The van der Waals surface area contributed by atoms with Crippen molar-refractivity contribution in [1.29, 1.82) is 0 Å². The van der Waals surface area contributed by atoms with E-state index < -0.39 is 10.0 Å². The van der Waals surface area contributed by atoms with Crippen LogP contribution in [0.5, 0.6) is 0 Å². The van der Waals surface area contributed by atoms with Crippen LogP contribution in [0.3, 0.4) is 0 Å². The van der Waals surface area contributed by atoms with Gasteiger partial charge in [-0.3, -0.25) is 0 Å². The lowest BCUT2D eigenvalue weighted by Gasteiger charge is -2.11. The minimum Gasteiger partial charge on any atom is -0.315 e. The predicted molar refractivity (Wildman–Crippen MR) is 85.0 cm³/mol. The summed E-state index contributed by atoms with van der Waals surface area (Å²) in [5.41, 5.74) is 2.48. The maximum Gasteiger partial charge on any atom is 0.241 e. The van der Waals surface area contributed by atoms with Crippen LogP contribution in [-0.4, -0.2) is 21.5 Å². The highest BCUT2D eigenvalue weighted by Gasteiger charge is 2.26. The maximum atomic E-state index is 12.4. The molecule has 1 heterocycles. The summed E-state index contributed by atoms with van der Waals surface area (Å²) in [6.45, 7) is 0.690. The zero-order chi connectivity index (χ0) is 14.9. The third-order valence-electron chi connectivity index (χ3n) is 3.66. The molecule has 0 radical (unpaired) electrons. The van der Waals surface area contributed by atoms with Crippen molar-refractivity contribution in [1.82, 2.24) is 10.0 Å². The van der Waals surface area contributed by atoms with Gasteiger partial charge in [0.15, 0.2) is 0 Å². The van der Waals surface area contributed by atoms with Crippen molar-refractivity contribution in [2.45, 2.75) is 30.3 Å². The lowest BCUT2D eigenvalue weighted by molar-refractivity contribution is 0.556. The molecule has 4 nitrogen and oxygen atoms in total. The molecule has 2 N–H and O–H groups in total. The van der Waals surface area contributed by atoms with Gasteiger partial charge in [-0.05, 0) is 37.1 Å². The average Bonchev–Trinajstić information content (AvgIpc) is 3.04. The molecule has 0 saturated carbocycles. The van der Waals surface area contributed by atoms with E-state index in [1.807, 2.05) is 19.2 Å². The Morgan fingerprint density at radius 2 is 1.90 bits per heavy atom. The van der Waals surface area contributed by atoms with E-state index in [1.165, 1.54) is 22.5 Å². The summed E-state index contributed by atoms with van der Waals surface area (Å²) >= 11 is 1.46. The second-order valence-electron chi connectivity index (χ2n) is 5.27. The lowest BCUT2D eigenvalue weighted by Crippen LogP contribution is -2.35. The molecule has 1 aromatic carbocycles. The first kappa shape index (κ1) is 14.7. The Balaban J connectivity index is 1.72. The number of rotatable bonds is 5. The molecule has 1 aliphatic rings. The number of hydrogen-bond acceptors (Lipinski definition) is 4. The minimum atomic E-state index is -3.43. The highest BCUT2D eigenvalue weighted by Crippen LogP contribution is 2.24. The predicted octanol–water partition coefficient (Wildman–Crippen LogP) is 1.91. The van der Waals surface area contributed by atoms with Crippen LogP contribution < -0.4 is 10.0 Å². The van der Waals surface area contributed by atoms with Gasteiger partial charge in [0.1, 0.15) is 0 Å². The summed E-state index contributed by atoms with van der Waals surface area (Å²) in [5, 5.41) is 4.73. The first-order valence-electron chi connectivity index (χ1n) is 6.89. The second-order valence-corrected chi connectivity index (χ2v) is 7.98. The van der Waals surface area contributed by atoms with E-state index in [1.54, 1.807) is 11.4 Å². The van der Waals surface area contributed by atoms with Gasteiger partial charge < -0.3 is 5.32 Å². The van der Waals surface area contributed by atoms with Gasteiger partial charge in [-0.1, -0.05) is 24.3 Å². The van der Waals surface area contributed by atoms with Crippen molar-refractivity contribution < 1.29 is 8.42 Å². The van der Waals surface area contributed by atoms with Crippen LogP contribution in [0, 0.1) is 0 Å². The van der Waals surface area contributed by atoms with Crippen molar-refractivity contribution in [2.75, 3.05) is 7.05 Å². The second kappa shape index (κ2) is 5.88. The van der Waals surface area contributed by atoms with Crippen LogP contribution in [0.4, 0.5) is 0 Å². The molecule has 0 amide bonds. The molecular weight excluding hydrogens is 304 g/mol. The molecule has 1 aromatic heterocycles. The fourth-order valence-electron chi connectivity index (χ4n) is 2.70. The quantitative estimate of drug-likeness (QED) is 0.884. The fraction of sp³-hybridized carbons (Fsp3) is 0.333. The number of thiophene rings is 1. The summed E-state index contributed by atoms with van der Waals surface area (Å²) in [7, 11) is -1.58. The Labute approximate surface area is 129 Å². The molecule has 2 aromatic rings. The third kappa shape index (κ3) is 3.18. The molecule has 0 unspecified atom stereocenters. The Hall–Kier alpha value is -1.21. The van der Waals surface area contributed by atoms with E-state index in [0.29, 0.717) is 11.4 Å². The largest absolute Gasteiger partial charge is 0.315 e. The molecule has 0 saturated heterocycles. The molecule has 3 rings (SSSR count). The van der Waals surface area contributed by atoms with E-state index in [9.17, 15) is 8.42 Å². The van der Waals surface area contributed by atoms with E-state index in [-0.39, 0.29) is 6.04 Å². The van der Waals surface area contributed by atoms with Crippen LogP contribution in [0.15, 0.2) is 40.6 Å². The summed E-state index contributed by atoms with van der Waals surface area (Å²) < 4.78 is 27.7. The van der Waals surface area contributed by atoms with E-state index >= 15 is 0 Å². The Morgan fingerprint density at radius 3 is 2.52 bits per heavy atom. The van der Waals surface area contributed by atoms with Crippen molar-refractivity contribution in [3.05, 3.63) is 51.7 Å². The SMILES string of the molecule is CNCc1cc(S(=O)(=O)NC2Cc3ccccc3C2)cs1. The standard InChI is InChI=1S/C15H18N2O2S2/c1-16-9-14-8-15(10-20-14)21(18,19)17-13-6-11-4-2-3-5-12(11)7-13/h2-5,8,10,13,16-17H,6-7,9H2,1H3. The van der Waals surface area contributed by atoms with E-state index in [2.05, 4.69) is 22.2 Å². The average molecular weight is 322 g/mol. The van der Waals surface area contributed by atoms with Crippen LogP contribution in [-0.2, 0) is 29.4 Å². The molecule has 112 valence electrons. The van der Waals surface area contributed by atoms with Crippen LogP contribution in [0.25, 0.3) is 0 Å². The first-order chi connectivity index (χ1) is 10.1. The zero-order valence-electron chi connectivity index (χ0n) is 11.8. The highest BCUT2D eigenvalue weighted by atomic mass is 32.2. The molecule has 0 atom stereocenters. The first-order valence-corrected chi connectivity index (χ1v) is 9.26. The van der Waals surface area contributed by atoms with Gasteiger partial charge in [0.05, 0.1) is 4.90 Å². The van der Waals surface area contributed by atoms with Crippen molar-refractivity contribution in [3.8, 4) is 0 Å². The molecule has 21 heavy (non-hydrogen) atoms. The Kier molecular flexibility index (Phi) is 4.12. The van der Waals surface area contributed by atoms with Gasteiger partial charge >= 0.3 is 0 Å². The monoisotopic (exact) mass is 322 g/mol. The molecule has 1 aliphatic carbocycles. The normalized spacial score (nSPS) is 15.3. The van der Waals surface area contributed by atoms with Gasteiger partial charge in [-0.15, -0.1) is 11.3 Å². The fourth-order valence-corrected chi connectivity index (χ4v) is 5.22. The Bertz CT molecular complexity index is 713. The lowest BCUT2D eigenvalue weighted by atomic mass is 10.1.